The lowest BCUT2D eigenvalue weighted by Gasteiger charge is -2.14. The van der Waals surface area contributed by atoms with Gasteiger partial charge < -0.3 is 10.1 Å². The highest BCUT2D eigenvalue weighted by Gasteiger charge is 2.23. The van der Waals surface area contributed by atoms with E-state index in [-0.39, 0.29) is 29.2 Å². The summed E-state index contributed by atoms with van der Waals surface area (Å²) in [5.74, 6) is -1.71. The first-order valence-electron chi connectivity index (χ1n) is 6.96. The van der Waals surface area contributed by atoms with Crippen LogP contribution in [0.5, 0.6) is 0 Å². The summed E-state index contributed by atoms with van der Waals surface area (Å²) in [6.45, 7) is 3.46. The van der Waals surface area contributed by atoms with Crippen LogP contribution in [0.15, 0.2) is 30.8 Å². The zero-order valence-corrected chi connectivity index (χ0v) is 13.8. The van der Waals surface area contributed by atoms with Gasteiger partial charge in [0, 0.05) is 23.7 Å². The molecule has 7 nitrogen and oxygen atoms in total. The fraction of sp³-hybridized carbons (Fsp3) is 0.125. The van der Waals surface area contributed by atoms with E-state index in [0.717, 1.165) is 7.11 Å². The molecule has 1 aromatic heterocycles. The first kappa shape index (κ1) is 18.3. The van der Waals surface area contributed by atoms with Gasteiger partial charge in [0.2, 0.25) is 0 Å². The Bertz CT molecular complexity index is 858. The molecule has 25 heavy (non-hydrogen) atoms. The Morgan fingerprint density at radius 2 is 2.20 bits per heavy atom. The number of methoxy groups -OCH3 is 1. The lowest BCUT2D eigenvalue weighted by Crippen LogP contribution is -2.13. The number of aromatic nitrogens is 1. The van der Waals surface area contributed by atoms with Crippen molar-refractivity contribution in [2.45, 2.75) is 6.54 Å². The van der Waals surface area contributed by atoms with Gasteiger partial charge in [-0.15, -0.1) is 0 Å². The largest absolute Gasteiger partial charge is 0.464 e. The Morgan fingerprint density at radius 1 is 1.52 bits per heavy atom. The lowest BCUT2D eigenvalue weighted by molar-refractivity contribution is -0.385. The molecule has 9 heteroatoms. The Hall–Kier alpha value is -3.00. The van der Waals surface area contributed by atoms with Crippen LogP contribution in [0.4, 0.5) is 15.8 Å². The molecule has 0 bridgehead atoms. The topological polar surface area (TPSA) is 94.4 Å². The average molecular weight is 366 g/mol. The van der Waals surface area contributed by atoms with E-state index >= 15 is 0 Å². The molecule has 0 radical (unpaired) electrons. The van der Waals surface area contributed by atoms with E-state index in [9.17, 15) is 19.3 Å². The highest BCUT2D eigenvalue weighted by atomic mass is 35.5. The van der Waals surface area contributed by atoms with Crippen LogP contribution in [0.1, 0.15) is 21.6 Å². The Morgan fingerprint density at radius 3 is 2.80 bits per heavy atom. The Labute approximate surface area is 147 Å². The summed E-state index contributed by atoms with van der Waals surface area (Å²) >= 11 is 5.74. The minimum Gasteiger partial charge on any atom is -0.464 e. The number of pyridine rings is 1. The highest BCUT2D eigenvalue weighted by molar-refractivity contribution is 6.30. The predicted molar refractivity (Wildman–Crippen MR) is 91.1 cm³/mol. The van der Waals surface area contributed by atoms with Gasteiger partial charge in [-0.1, -0.05) is 42.5 Å². The van der Waals surface area contributed by atoms with E-state index in [4.69, 9.17) is 11.6 Å². The number of halogens is 2. The fourth-order valence-electron chi connectivity index (χ4n) is 2.19. The van der Waals surface area contributed by atoms with Gasteiger partial charge in [0.1, 0.15) is 0 Å². The normalized spacial score (nSPS) is 10.2. The Balaban J connectivity index is 2.46. The number of ether oxygens (including phenoxy) is 1. The fourth-order valence-corrected chi connectivity index (χ4v) is 2.37. The van der Waals surface area contributed by atoms with E-state index in [1.54, 1.807) is 6.07 Å². The molecule has 0 aliphatic carbocycles. The number of hydrogen-bond donors (Lipinski definition) is 1. The lowest BCUT2D eigenvalue weighted by atomic mass is 10.1. The number of hydrogen-bond acceptors (Lipinski definition) is 6. The molecule has 1 aromatic carbocycles. The number of nitro groups is 1. The summed E-state index contributed by atoms with van der Waals surface area (Å²) in [6, 6.07) is 6.01. The summed E-state index contributed by atoms with van der Waals surface area (Å²) < 4.78 is 19.0. The van der Waals surface area contributed by atoms with Crippen LogP contribution in [-0.4, -0.2) is 23.0 Å². The molecule has 1 N–H and O–H groups in total. The van der Waals surface area contributed by atoms with Crippen molar-refractivity contribution in [3.8, 4) is 0 Å². The minimum atomic E-state index is -0.900. The molecule has 0 spiro atoms. The van der Waals surface area contributed by atoms with Crippen LogP contribution in [0.3, 0.4) is 0 Å². The maximum atomic E-state index is 14.4. The number of nitrogens with one attached hydrogen (secondary N) is 1. The molecule has 0 atom stereocenters. The number of rotatable bonds is 6. The third kappa shape index (κ3) is 3.74. The molecule has 2 rings (SSSR count). The van der Waals surface area contributed by atoms with Crippen molar-refractivity contribution >= 4 is 35.0 Å². The number of benzene rings is 1. The van der Waals surface area contributed by atoms with Crippen LogP contribution >= 0.6 is 11.6 Å². The molecular weight excluding hydrogens is 353 g/mol. The zero-order valence-electron chi connectivity index (χ0n) is 13.1. The number of anilines is 1. The second kappa shape index (κ2) is 7.71. The van der Waals surface area contributed by atoms with Crippen molar-refractivity contribution in [3.05, 3.63) is 68.7 Å². The average Bonchev–Trinajstić information content (AvgIpc) is 2.61. The zero-order chi connectivity index (χ0) is 18.6. The Kier molecular flexibility index (Phi) is 5.66. The van der Waals surface area contributed by atoms with Crippen LogP contribution in [0.2, 0.25) is 5.15 Å². The van der Waals surface area contributed by atoms with Crippen LogP contribution in [0, 0.1) is 15.9 Å². The SMILES string of the molecule is C=Cc1c(C(=O)OC)nc(Cl)c(F)c1NCc1ccccc1[N+](=O)[O-]. The quantitative estimate of drug-likeness (QED) is 0.362. The number of carbonyl (C=O) groups excluding carboxylic acids is 1. The van der Waals surface area contributed by atoms with E-state index in [2.05, 4.69) is 21.6 Å². The highest BCUT2D eigenvalue weighted by Crippen LogP contribution is 2.30. The second-order valence-electron chi connectivity index (χ2n) is 4.79. The summed E-state index contributed by atoms with van der Waals surface area (Å²) in [5, 5.41) is 13.2. The van der Waals surface area contributed by atoms with Gasteiger partial charge in [-0.2, -0.15) is 0 Å². The molecule has 0 fully saturated rings. The maximum Gasteiger partial charge on any atom is 0.357 e. The first-order chi connectivity index (χ1) is 11.9. The van der Waals surface area contributed by atoms with E-state index < -0.39 is 21.9 Å². The maximum absolute atomic E-state index is 14.4. The molecule has 0 aliphatic heterocycles. The number of nitro benzene ring substituents is 1. The minimum absolute atomic E-state index is 0.0485. The van der Waals surface area contributed by atoms with Gasteiger partial charge in [-0.25, -0.2) is 14.2 Å². The second-order valence-corrected chi connectivity index (χ2v) is 5.15. The summed E-state index contributed by atoms with van der Waals surface area (Å²) in [4.78, 5) is 26.0. The van der Waals surface area contributed by atoms with Crippen molar-refractivity contribution < 1.29 is 18.8 Å². The van der Waals surface area contributed by atoms with E-state index in [1.807, 2.05) is 0 Å². The van der Waals surface area contributed by atoms with Gasteiger partial charge >= 0.3 is 5.97 Å². The standard InChI is InChI=1S/C16H13ClFN3O4/c1-3-10-13(12(18)15(17)20-14(10)16(22)25-2)19-8-9-6-4-5-7-11(9)21(23)24/h3-7H,1,8H2,2H3,(H,19,20). The monoisotopic (exact) mass is 365 g/mol. The summed E-state index contributed by atoms with van der Waals surface area (Å²) in [6.07, 6.45) is 1.22. The van der Waals surface area contributed by atoms with Crippen LogP contribution in [-0.2, 0) is 11.3 Å². The number of esters is 1. The van der Waals surface area contributed by atoms with Crippen LogP contribution < -0.4 is 5.32 Å². The number of para-hydroxylation sites is 1. The number of carbonyl (C=O) groups is 1. The molecular formula is C16H13ClFN3O4. The molecule has 0 amide bonds. The number of nitrogens with zero attached hydrogens (tertiary/aromatic N) is 2. The summed E-state index contributed by atoms with van der Waals surface area (Å²) in [7, 11) is 1.15. The molecule has 130 valence electrons. The first-order valence-corrected chi connectivity index (χ1v) is 7.34. The van der Waals surface area contributed by atoms with Crippen molar-refractivity contribution in [2.24, 2.45) is 0 Å². The molecule has 0 saturated carbocycles. The van der Waals surface area contributed by atoms with Crippen molar-refractivity contribution in [1.82, 2.24) is 4.98 Å². The van der Waals surface area contributed by atoms with Crippen molar-refractivity contribution in [1.29, 1.82) is 0 Å². The van der Waals surface area contributed by atoms with Crippen molar-refractivity contribution in [2.75, 3.05) is 12.4 Å². The van der Waals surface area contributed by atoms with Crippen molar-refractivity contribution in [3.63, 3.8) is 0 Å². The third-order valence-corrected chi connectivity index (χ3v) is 3.61. The van der Waals surface area contributed by atoms with Gasteiger partial charge in [-0.05, 0) is 0 Å². The third-order valence-electron chi connectivity index (χ3n) is 3.36. The van der Waals surface area contributed by atoms with Crippen LogP contribution in [0.25, 0.3) is 6.08 Å². The van der Waals surface area contributed by atoms with Gasteiger partial charge in [-0.3, -0.25) is 10.1 Å². The molecule has 0 aliphatic rings. The van der Waals surface area contributed by atoms with E-state index in [0.29, 0.717) is 5.56 Å². The van der Waals surface area contributed by atoms with Gasteiger partial charge in [0.15, 0.2) is 16.7 Å². The van der Waals surface area contributed by atoms with Gasteiger partial charge in [0.25, 0.3) is 5.69 Å². The summed E-state index contributed by atoms with van der Waals surface area (Å²) in [5.41, 5.74) is -0.104. The molecule has 0 saturated heterocycles. The molecule has 1 heterocycles. The molecule has 2 aromatic rings. The van der Waals surface area contributed by atoms with Gasteiger partial charge in [0.05, 0.1) is 17.7 Å². The predicted octanol–water partition coefficient (Wildman–Crippen LogP) is 3.82. The molecule has 0 unspecified atom stereocenters. The van der Waals surface area contributed by atoms with E-state index in [1.165, 1.54) is 24.3 Å². The smallest absolute Gasteiger partial charge is 0.357 e.